The number of nitro groups is 1. The summed E-state index contributed by atoms with van der Waals surface area (Å²) < 4.78 is 1.66. The van der Waals surface area contributed by atoms with Crippen molar-refractivity contribution in [2.45, 2.75) is 0 Å². The highest BCUT2D eigenvalue weighted by Crippen LogP contribution is 2.23. The number of hydrogen-bond acceptors (Lipinski definition) is 5. The predicted molar refractivity (Wildman–Crippen MR) is 62.7 cm³/mol. The van der Waals surface area contributed by atoms with E-state index in [-0.39, 0.29) is 0 Å². The molecule has 0 saturated heterocycles. The van der Waals surface area contributed by atoms with E-state index in [1.165, 1.54) is 12.4 Å². The quantitative estimate of drug-likeness (QED) is 0.681. The van der Waals surface area contributed by atoms with Crippen LogP contribution < -0.4 is 0 Å². The summed E-state index contributed by atoms with van der Waals surface area (Å²) in [5, 5.41) is 23.2. The molecule has 0 aromatic carbocycles. The fraction of sp³-hybridized carbons (Fsp3) is 0. The highest BCUT2D eigenvalue weighted by Gasteiger charge is 2.25. The number of halogens is 1. The highest BCUT2D eigenvalue weighted by molar-refractivity contribution is 9.10. The molecular weight excluding hydrogens is 308 g/mol. The van der Waals surface area contributed by atoms with Crippen molar-refractivity contribution < 1.29 is 14.8 Å². The topological polar surface area (TPSA) is 111 Å². The van der Waals surface area contributed by atoms with Crippen LogP contribution in [0.1, 0.15) is 10.5 Å². The van der Waals surface area contributed by atoms with E-state index in [2.05, 4.69) is 26.0 Å². The molecule has 0 amide bonds. The van der Waals surface area contributed by atoms with E-state index in [9.17, 15) is 14.9 Å². The third kappa shape index (κ3) is 2.07. The van der Waals surface area contributed by atoms with Gasteiger partial charge in [0.15, 0.2) is 0 Å². The summed E-state index contributed by atoms with van der Waals surface area (Å²) in [4.78, 5) is 24.6. The lowest BCUT2D eigenvalue weighted by molar-refractivity contribution is -0.385. The second-order valence-corrected chi connectivity index (χ2v) is 4.05. The third-order valence-corrected chi connectivity index (χ3v) is 2.70. The summed E-state index contributed by atoms with van der Waals surface area (Å²) in [7, 11) is 0. The Balaban J connectivity index is 2.61. The van der Waals surface area contributed by atoms with Crippen LogP contribution in [0.2, 0.25) is 0 Å². The predicted octanol–water partition coefficient (Wildman–Crippen LogP) is 1.64. The second-order valence-electron chi connectivity index (χ2n) is 3.20. The molecule has 2 aromatic rings. The summed E-state index contributed by atoms with van der Waals surface area (Å²) in [5.41, 5.74) is -0.712. The molecule has 8 nitrogen and oxygen atoms in total. The maximum Gasteiger partial charge on any atom is 0.363 e. The van der Waals surface area contributed by atoms with Gasteiger partial charge in [-0.3, -0.25) is 15.1 Å². The zero-order valence-electron chi connectivity index (χ0n) is 8.65. The zero-order valence-corrected chi connectivity index (χ0v) is 10.2. The molecule has 0 spiro atoms. The molecule has 0 fully saturated rings. The maximum absolute atomic E-state index is 10.9. The van der Waals surface area contributed by atoms with Gasteiger partial charge in [0, 0.05) is 12.4 Å². The Labute approximate surface area is 108 Å². The van der Waals surface area contributed by atoms with Crippen molar-refractivity contribution in [2.24, 2.45) is 0 Å². The van der Waals surface area contributed by atoms with Gasteiger partial charge < -0.3 is 5.11 Å². The first-order valence-electron chi connectivity index (χ1n) is 4.58. The van der Waals surface area contributed by atoms with Crippen molar-refractivity contribution in [3.8, 4) is 5.69 Å². The number of rotatable bonds is 3. The van der Waals surface area contributed by atoms with Gasteiger partial charge in [0.2, 0.25) is 5.69 Å². The molecule has 0 saturated carbocycles. The Morgan fingerprint density at radius 1 is 1.56 bits per heavy atom. The minimum atomic E-state index is -1.45. The molecule has 0 atom stereocenters. The number of aromatic carboxylic acids is 1. The van der Waals surface area contributed by atoms with Crippen molar-refractivity contribution in [2.75, 3.05) is 0 Å². The molecule has 0 aliphatic rings. The molecule has 18 heavy (non-hydrogen) atoms. The van der Waals surface area contributed by atoms with E-state index in [1.807, 2.05) is 0 Å². The van der Waals surface area contributed by atoms with E-state index < -0.39 is 22.3 Å². The second kappa shape index (κ2) is 4.53. The van der Waals surface area contributed by atoms with Gasteiger partial charge in [-0.25, -0.2) is 9.48 Å². The maximum atomic E-state index is 10.9. The van der Waals surface area contributed by atoms with Crippen molar-refractivity contribution in [3.05, 3.63) is 44.9 Å². The van der Waals surface area contributed by atoms with Crippen LogP contribution >= 0.6 is 15.9 Å². The van der Waals surface area contributed by atoms with Crippen molar-refractivity contribution in [1.82, 2.24) is 14.8 Å². The van der Waals surface area contributed by atoms with Crippen molar-refractivity contribution in [1.29, 1.82) is 0 Å². The standard InChI is InChI=1S/C9H5BrN4O4/c10-5-3-11-2-1-6(5)13-4-7(14(17)18)8(12-13)9(15)16/h1-4H,(H,15,16). The molecule has 0 unspecified atom stereocenters. The minimum absolute atomic E-state index is 0.459. The molecule has 0 aliphatic heterocycles. The van der Waals surface area contributed by atoms with Gasteiger partial charge in [-0.1, -0.05) is 0 Å². The lowest BCUT2D eigenvalue weighted by Crippen LogP contribution is -2.03. The molecule has 92 valence electrons. The molecular formula is C9H5BrN4O4. The summed E-state index contributed by atoms with van der Waals surface area (Å²) in [6.07, 6.45) is 3.99. The molecule has 9 heteroatoms. The Bertz CT molecular complexity index is 608. The average Bonchev–Trinajstić information content (AvgIpc) is 2.74. The van der Waals surface area contributed by atoms with Crippen LogP contribution in [-0.4, -0.2) is 30.8 Å². The Kier molecular flexibility index (Phi) is 3.06. The van der Waals surface area contributed by atoms with Crippen LogP contribution in [0.25, 0.3) is 5.69 Å². The Morgan fingerprint density at radius 3 is 2.78 bits per heavy atom. The number of aromatic nitrogens is 3. The van der Waals surface area contributed by atoms with Gasteiger partial charge in [-0.2, -0.15) is 5.10 Å². The third-order valence-electron chi connectivity index (χ3n) is 2.09. The number of pyridine rings is 1. The fourth-order valence-corrected chi connectivity index (χ4v) is 1.76. The molecule has 2 rings (SSSR count). The molecule has 2 heterocycles. The van der Waals surface area contributed by atoms with E-state index >= 15 is 0 Å². The zero-order chi connectivity index (χ0) is 13.3. The first-order valence-corrected chi connectivity index (χ1v) is 5.37. The SMILES string of the molecule is O=C(O)c1nn(-c2ccncc2Br)cc1[N+](=O)[O-]. The van der Waals surface area contributed by atoms with Gasteiger partial charge >= 0.3 is 11.7 Å². The molecule has 0 aliphatic carbocycles. The normalized spacial score (nSPS) is 10.3. The van der Waals surface area contributed by atoms with Crippen LogP contribution in [-0.2, 0) is 0 Å². The number of hydrogen-bond donors (Lipinski definition) is 1. The number of carboxylic acids is 1. The van der Waals surface area contributed by atoms with E-state index in [0.717, 1.165) is 10.9 Å². The first kappa shape index (κ1) is 12.2. The number of nitrogens with zero attached hydrogens (tertiary/aromatic N) is 4. The van der Waals surface area contributed by atoms with Crippen LogP contribution in [0.15, 0.2) is 29.1 Å². The van der Waals surface area contributed by atoms with Gasteiger partial charge in [0.25, 0.3) is 0 Å². The highest BCUT2D eigenvalue weighted by atomic mass is 79.9. The van der Waals surface area contributed by atoms with Gasteiger partial charge in [-0.05, 0) is 22.0 Å². The smallest absolute Gasteiger partial charge is 0.363 e. The van der Waals surface area contributed by atoms with Crippen molar-refractivity contribution >= 4 is 27.6 Å². The van der Waals surface area contributed by atoms with Crippen LogP contribution in [0, 0.1) is 10.1 Å². The summed E-state index contributed by atoms with van der Waals surface area (Å²) in [5.74, 6) is -1.45. The summed E-state index contributed by atoms with van der Waals surface area (Å²) >= 11 is 3.20. The van der Waals surface area contributed by atoms with Crippen LogP contribution in [0.3, 0.4) is 0 Å². The van der Waals surface area contributed by atoms with E-state index in [4.69, 9.17) is 5.11 Å². The van der Waals surface area contributed by atoms with Crippen LogP contribution in [0.4, 0.5) is 5.69 Å². The first-order chi connectivity index (χ1) is 8.50. The van der Waals surface area contributed by atoms with Gasteiger partial charge in [0.05, 0.1) is 15.1 Å². The van der Waals surface area contributed by atoms with Crippen molar-refractivity contribution in [3.63, 3.8) is 0 Å². The number of carboxylic acid groups (broad SMARTS) is 1. The molecule has 0 bridgehead atoms. The lowest BCUT2D eigenvalue weighted by Gasteiger charge is -2.01. The van der Waals surface area contributed by atoms with Gasteiger partial charge in [-0.15, -0.1) is 0 Å². The number of carbonyl (C=O) groups is 1. The minimum Gasteiger partial charge on any atom is -0.476 e. The molecule has 0 radical (unpaired) electrons. The Morgan fingerprint density at radius 2 is 2.28 bits per heavy atom. The molecule has 1 N–H and O–H groups in total. The Hall–Kier alpha value is -2.29. The summed E-state index contributed by atoms with van der Waals surface area (Å²) in [6, 6.07) is 1.55. The van der Waals surface area contributed by atoms with E-state index in [1.54, 1.807) is 6.07 Å². The lowest BCUT2D eigenvalue weighted by atomic mass is 10.4. The van der Waals surface area contributed by atoms with E-state index in [0.29, 0.717) is 10.2 Å². The monoisotopic (exact) mass is 312 g/mol. The fourth-order valence-electron chi connectivity index (χ4n) is 1.33. The molecule has 2 aromatic heterocycles. The summed E-state index contributed by atoms with van der Waals surface area (Å²) in [6.45, 7) is 0. The largest absolute Gasteiger partial charge is 0.476 e. The van der Waals surface area contributed by atoms with Gasteiger partial charge in [0.1, 0.15) is 6.20 Å². The van der Waals surface area contributed by atoms with Crippen LogP contribution in [0.5, 0.6) is 0 Å². The average molecular weight is 313 g/mol.